The van der Waals surface area contributed by atoms with E-state index in [-0.39, 0.29) is 17.0 Å². The molecule has 0 unspecified atom stereocenters. The van der Waals surface area contributed by atoms with Crippen molar-refractivity contribution in [2.75, 3.05) is 6.16 Å². The highest BCUT2D eigenvalue weighted by Crippen LogP contribution is 2.55. The lowest BCUT2D eigenvalue weighted by molar-refractivity contribution is -0.00000733. The van der Waals surface area contributed by atoms with Crippen LogP contribution in [-0.4, -0.2) is 6.16 Å². The third-order valence-corrected chi connectivity index (χ3v) is 12.5. The van der Waals surface area contributed by atoms with Crippen LogP contribution in [0.1, 0.15) is 12.5 Å². The quantitative estimate of drug-likeness (QED) is 0.163. The summed E-state index contributed by atoms with van der Waals surface area (Å²) in [5, 5.41) is 12.3. The van der Waals surface area contributed by atoms with Gasteiger partial charge >= 0.3 is 0 Å². The average Bonchev–Trinajstić information content (AvgIpc) is 3.01. The molecule has 7 aromatic rings. The maximum atomic E-state index is 2.51. The topological polar surface area (TPSA) is 0 Å². The van der Waals surface area contributed by atoms with E-state index < -0.39 is 7.26 Å². The molecule has 0 aliphatic carbocycles. The molecular formula is C38H30BrP. The second kappa shape index (κ2) is 11.0. The Balaban J connectivity index is 0.00000289. The first-order valence-electron chi connectivity index (χ1n) is 13.6. The van der Waals surface area contributed by atoms with Crippen molar-refractivity contribution in [3.05, 3.63) is 157 Å². The molecular weight excluding hydrogens is 567 g/mol. The number of benzene rings is 7. The first-order chi connectivity index (χ1) is 19.3. The Kier molecular flexibility index (Phi) is 7.28. The molecule has 0 bridgehead atoms. The van der Waals surface area contributed by atoms with Crippen LogP contribution in [0.4, 0.5) is 0 Å². The van der Waals surface area contributed by atoms with Gasteiger partial charge in [0.05, 0.1) is 6.16 Å². The van der Waals surface area contributed by atoms with Gasteiger partial charge in [-0.25, -0.2) is 0 Å². The molecule has 0 amide bonds. The lowest BCUT2D eigenvalue weighted by Gasteiger charge is -2.27. The molecule has 40 heavy (non-hydrogen) atoms. The van der Waals surface area contributed by atoms with Crippen LogP contribution in [-0.2, 0) is 0 Å². The minimum absolute atomic E-state index is 0. The minimum atomic E-state index is -1.92. The Bertz CT molecular complexity index is 1810. The van der Waals surface area contributed by atoms with E-state index in [1.807, 2.05) is 0 Å². The van der Waals surface area contributed by atoms with Gasteiger partial charge in [-0.2, -0.15) is 0 Å². The van der Waals surface area contributed by atoms with Gasteiger partial charge in [-0.15, -0.1) is 0 Å². The van der Waals surface area contributed by atoms with E-state index in [9.17, 15) is 0 Å². The second-order valence-corrected chi connectivity index (χ2v) is 13.9. The molecule has 0 aromatic heterocycles. The first-order valence-corrected chi connectivity index (χ1v) is 15.6. The summed E-state index contributed by atoms with van der Waals surface area (Å²) in [5.74, 6) is 0. The minimum Gasteiger partial charge on any atom is -1.00 e. The normalized spacial score (nSPS) is 12.2. The van der Waals surface area contributed by atoms with Crippen molar-refractivity contribution < 1.29 is 17.0 Å². The fraction of sp³-hybridized carbons (Fsp3) is 0.0526. The zero-order valence-corrected chi connectivity index (χ0v) is 24.9. The predicted octanol–water partition coefficient (Wildman–Crippen LogP) is 5.99. The van der Waals surface area contributed by atoms with E-state index >= 15 is 0 Å². The molecule has 7 aromatic carbocycles. The summed E-state index contributed by atoms with van der Waals surface area (Å²) in [6.45, 7) is 2.29. The molecule has 0 atom stereocenters. The van der Waals surface area contributed by atoms with Crippen LogP contribution in [0.15, 0.2) is 152 Å². The molecule has 0 saturated heterocycles. The fourth-order valence-electron chi connectivity index (χ4n) is 6.27. The molecule has 0 radical (unpaired) electrons. The summed E-state index contributed by atoms with van der Waals surface area (Å²) >= 11 is 0. The van der Waals surface area contributed by atoms with Crippen LogP contribution in [0.2, 0.25) is 0 Å². The van der Waals surface area contributed by atoms with E-state index in [0.717, 1.165) is 6.16 Å². The third-order valence-electron chi connectivity index (χ3n) is 8.22. The lowest BCUT2D eigenvalue weighted by Crippen LogP contribution is -3.00. The predicted molar refractivity (Wildman–Crippen MR) is 174 cm³/mol. The van der Waals surface area contributed by atoms with E-state index in [1.54, 1.807) is 0 Å². The zero-order valence-electron chi connectivity index (χ0n) is 22.5. The molecule has 0 spiro atoms. The number of hydrogen-bond donors (Lipinski definition) is 0. The number of allylic oxidation sites excluding steroid dienone is 2. The van der Waals surface area contributed by atoms with Gasteiger partial charge in [-0.1, -0.05) is 109 Å². The van der Waals surface area contributed by atoms with Gasteiger partial charge in [0, 0.05) is 0 Å². The Morgan fingerprint density at radius 3 is 1.48 bits per heavy atom. The first kappa shape index (κ1) is 26.5. The van der Waals surface area contributed by atoms with Crippen LogP contribution < -0.4 is 32.9 Å². The Labute approximate surface area is 247 Å². The van der Waals surface area contributed by atoms with E-state index in [4.69, 9.17) is 0 Å². The summed E-state index contributed by atoms with van der Waals surface area (Å²) < 4.78 is 0. The highest BCUT2D eigenvalue weighted by Gasteiger charge is 2.44. The van der Waals surface area contributed by atoms with Gasteiger partial charge in [0.2, 0.25) is 0 Å². The van der Waals surface area contributed by atoms with Crippen LogP contribution in [0.5, 0.6) is 0 Å². The van der Waals surface area contributed by atoms with Crippen molar-refractivity contribution in [2.24, 2.45) is 0 Å². The maximum Gasteiger partial charge on any atom is 0.115 e. The summed E-state index contributed by atoms with van der Waals surface area (Å²) in [5.41, 5.74) is 2.66. The maximum absolute atomic E-state index is 2.51. The van der Waals surface area contributed by atoms with Gasteiger partial charge in [0.15, 0.2) is 0 Å². The molecule has 7 rings (SSSR count). The Morgan fingerprint density at radius 1 is 0.500 bits per heavy atom. The number of hydrogen-bond acceptors (Lipinski definition) is 0. The fourth-order valence-corrected chi connectivity index (χ4v) is 10.4. The van der Waals surface area contributed by atoms with Crippen LogP contribution in [0.25, 0.3) is 37.9 Å². The lowest BCUT2D eigenvalue weighted by atomic mass is 9.90. The monoisotopic (exact) mass is 596 g/mol. The summed E-state index contributed by atoms with van der Waals surface area (Å²) in [4.78, 5) is 0. The molecule has 0 nitrogen and oxygen atoms in total. The largest absolute Gasteiger partial charge is 1.00 e. The van der Waals surface area contributed by atoms with Crippen molar-refractivity contribution >= 4 is 61.1 Å². The summed E-state index contributed by atoms with van der Waals surface area (Å²) in [6, 6.07) is 53.8. The number of rotatable bonds is 6. The van der Waals surface area contributed by atoms with Gasteiger partial charge in [0.25, 0.3) is 0 Å². The van der Waals surface area contributed by atoms with Crippen molar-refractivity contribution in [3.63, 3.8) is 0 Å². The summed E-state index contributed by atoms with van der Waals surface area (Å²) in [6.07, 6.45) is 3.48. The highest BCUT2D eigenvalue weighted by atomic mass is 79.9. The molecule has 2 heteroatoms. The zero-order chi connectivity index (χ0) is 26.2. The highest BCUT2D eigenvalue weighted by molar-refractivity contribution is 7.95. The van der Waals surface area contributed by atoms with Crippen molar-refractivity contribution in [1.29, 1.82) is 0 Å². The molecule has 194 valence electrons. The Morgan fingerprint density at radius 2 is 0.950 bits per heavy atom. The second-order valence-electron chi connectivity index (χ2n) is 10.4. The van der Waals surface area contributed by atoms with Gasteiger partial charge in [-0.05, 0) is 92.9 Å². The van der Waals surface area contributed by atoms with E-state index in [1.165, 1.54) is 59.4 Å². The smallest absolute Gasteiger partial charge is 0.115 e. The molecule has 0 N–H and O–H groups in total. The molecule has 0 aliphatic heterocycles. The van der Waals surface area contributed by atoms with Crippen LogP contribution >= 0.6 is 7.26 Å². The molecule has 0 saturated carbocycles. The summed E-state index contributed by atoms with van der Waals surface area (Å²) in [7, 11) is -1.92. The van der Waals surface area contributed by atoms with Crippen molar-refractivity contribution in [2.45, 2.75) is 6.92 Å². The molecule has 0 aliphatic rings. The SMILES string of the molecule is C/C(=C\C[P+](c1ccccc1)(c1ccccc1)c1ccccc1)c1ccc2ccc3cccc4ccc1c2c34.[Br-]. The van der Waals surface area contributed by atoms with Crippen molar-refractivity contribution in [3.8, 4) is 0 Å². The average molecular weight is 598 g/mol. The van der Waals surface area contributed by atoms with Crippen molar-refractivity contribution in [1.82, 2.24) is 0 Å². The molecule has 0 heterocycles. The van der Waals surface area contributed by atoms with Crippen LogP contribution in [0, 0.1) is 0 Å². The standard InChI is InChI=1S/C38H30P.BrH/c1-28(35-24-22-31-21-20-29-12-11-13-30-23-25-36(35)38(31)37(29)30)26-27-39(32-14-5-2-6-15-32,33-16-7-3-8-17-33)34-18-9-4-10-19-34;/h2-26H,27H2,1H3;1H/q+1;/p-1/b28-26+;. The van der Waals surface area contributed by atoms with E-state index in [2.05, 4.69) is 159 Å². The number of halogens is 1. The third kappa shape index (κ3) is 4.35. The van der Waals surface area contributed by atoms with Crippen LogP contribution in [0.3, 0.4) is 0 Å². The van der Waals surface area contributed by atoms with Gasteiger partial charge in [0.1, 0.15) is 23.2 Å². The molecule has 0 fully saturated rings. The van der Waals surface area contributed by atoms with E-state index in [0.29, 0.717) is 0 Å². The van der Waals surface area contributed by atoms with Gasteiger partial charge < -0.3 is 17.0 Å². The van der Waals surface area contributed by atoms with Gasteiger partial charge in [-0.3, -0.25) is 0 Å². The Hall–Kier alpha value is -3.77.